The zero-order valence-electron chi connectivity index (χ0n) is 23.6. The lowest BCUT2D eigenvalue weighted by Crippen LogP contribution is -2.45. The topological polar surface area (TPSA) is 101 Å². The fraction of sp³-hybridized carbons (Fsp3) is 0.250. The molecule has 0 bridgehead atoms. The van der Waals surface area contributed by atoms with Crippen LogP contribution in [0.25, 0.3) is 10.9 Å². The van der Waals surface area contributed by atoms with E-state index in [2.05, 4.69) is 10.6 Å². The summed E-state index contributed by atoms with van der Waals surface area (Å²) in [6.07, 6.45) is 1.59. The van der Waals surface area contributed by atoms with Gasteiger partial charge in [-0.2, -0.15) is 0 Å². The van der Waals surface area contributed by atoms with Gasteiger partial charge in [0, 0.05) is 52.9 Å². The number of rotatable bonds is 11. The van der Waals surface area contributed by atoms with Crippen molar-refractivity contribution in [3.8, 4) is 0 Å². The van der Waals surface area contributed by atoms with Gasteiger partial charge in [0.2, 0.25) is 11.8 Å². The maximum Gasteiger partial charge on any atom is 0.251 e. The molecular weight excluding hydrogens is 559 g/mol. The van der Waals surface area contributed by atoms with Crippen LogP contribution in [0, 0.1) is 5.82 Å². The van der Waals surface area contributed by atoms with Gasteiger partial charge in [0.05, 0.1) is 11.6 Å². The molecule has 0 spiro atoms. The summed E-state index contributed by atoms with van der Waals surface area (Å²) in [7, 11) is 0. The molecule has 218 valence electrons. The van der Waals surface area contributed by atoms with Crippen molar-refractivity contribution >= 4 is 46.0 Å². The predicted octanol–water partition coefficient (Wildman–Crippen LogP) is 5.12. The Hall–Kier alpha value is -4.50. The lowest BCUT2D eigenvalue weighted by Gasteiger charge is -2.26. The van der Waals surface area contributed by atoms with E-state index in [0.717, 1.165) is 5.56 Å². The first-order valence-corrected chi connectivity index (χ1v) is 13.9. The van der Waals surface area contributed by atoms with Crippen molar-refractivity contribution in [2.24, 2.45) is 0 Å². The quantitative estimate of drug-likeness (QED) is 0.237. The molecule has 3 aromatic carbocycles. The van der Waals surface area contributed by atoms with E-state index >= 15 is 0 Å². The van der Waals surface area contributed by atoms with Crippen LogP contribution in [0.3, 0.4) is 0 Å². The molecule has 2 N–H and O–H groups in total. The minimum absolute atomic E-state index is 0.0375. The highest BCUT2D eigenvalue weighted by Crippen LogP contribution is 2.24. The van der Waals surface area contributed by atoms with Gasteiger partial charge in [-0.05, 0) is 50.6 Å². The Morgan fingerprint density at radius 2 is 1.69 bits per heavy atom. The first-order valence-electron chi connectivity index (χ1n) is 13.5. The number of nitrogens with one attached hydrogen (secondary N) is 2. The maximum absolute atomic E-state index is 14.2. The largest absolute Gasteiger partial charge is 0.350 e. The standard InChI is InChI=1S/C32H32ClFN4O4/c1-20(2)38(18-29(40)35-16-24-10-7-11-27(33)31(24)34)30(41)19-37-17-26(21(3)39)25-14-23(12-13-28(25)37)32(42)36-15-22-8-5-4-6-9-22/h4-14,17,20H,15-16,18-19H2,1-3H3,(H,35,40)(H,36,42). The summed E-state index contributed by atoms with van der Waals surface area (Å²) in [4.78, 5) is 52.8. The number of benzene rings is 3. The molecule has 3 amide bonds. The number of carbonyl (C=O) groups is 4. The highest BCUT2D eigenvalue weighted by Gasteiger charge is 2.23. The van der Waals surface area contributed by atoms with Gasteiger partial charge in [-0.25, -0.2) is 4.39 Å². The maximum atomic E-state index is 14.2. The van der Waals surface area contributed by atoms with Crippen LogP contribution in [0.5, 0.6) is 0 Å². The molecule has 8 nitrogen and oxygen atoms in total. The third kappa shape index (κ3) is 7.22. The highest BCUT2D eigenvalue weighted by atomic mass is 35.5. The molecule has 0 radical (unpaired) electrons. The summed E-state index contributed by atoms with van der Waals surface area (Å²) in [5.41, 5.74) is 2.58. The number of aromatic nitrogens is 1. The van der Waals surface area contributed by atoms with Crippen LogP contribution in [0.2, 0.25) is 5.02 Å². The van der Waals surface area contributed by atoms with E-state index < -0.39 is 11.7 Å². The van der Waals surface area contributed by atoms with Crippen LogP contribution >= 0.6 is 11.6 Å². The molecule has 4 rings (SSSR count). The fourth-order valence-corrected chi connectivity index (χ4v) is 4.81. The van der Waals surface area contributed by atoms with Crippen LogP contribution < -0.4 is 10.6 Å². The lowest BCUT2D eigenvalue weighted by atomic mass is 10.1. The molecule has 0 atom stereocenters. The summed E-state index contributed by atoms with van der Waals surface area (Å²) in [5.74, 6) is -1.89. The SMILES string of the molecule is CC(=O)c1cn(CC(=O)N(CC(=O)NCc2cccc(Cl)c2F)C(C)C)c2ccc(C(=O)NCc3ccccc3)cc12. The smallest absolute Gasteiger partial charge is 0.251 e. The van der Waals surface area contributed by atoms with Gasteiger partial charge in [-0.15, -0.1) is 0 Å². The second-order valence-corrected chi connectivity index (χ2v) is 10.6. The van der Waals surface area contributed by atoms with Crippen LogP contribution in [0.15, 0.2) is 72.9 Å². The van der Waals surface area contributed by atoms with Gasteiger partial charge in [-0.1, -0.05) is 54.1 Å². The van der Waals surface area contributed by atoms with Gasteiger partial charge >= 0.3 is 0 Å². The summed E-state index contributed by atoms with van der Waals surface area (Å²) < 4.78 is 15.8. The van der Waals surface area contributed by atoms with Crippen LogP contribution in [0.4, 0.5) is 4.39 Å². The Balaban J connectivity index is 1.48. The molecule has 0 saturated heterocycles. The molecule has 0 aliphatic carbocycles. The first-order chi connectivity index (χ1) is 20.0. The Morgan fingerprint density at radius 3 is 2.38 bits per heavy atom. The van der Waals surface area contributed by atoms with E-state index in [0.29, 0.717) is 28.6 Å². The summed E-state index contributed by atoms with van der Waals surface area (Å²) in [6, 6.07) is 18.8. The highest BCUT2D eigenvalue weighted by molar-refractivity contribution is 6.30. The number of hydrogen-bond acceptors (Lipinski definition) is 4. The normalized spacial score (nSPS) is 11.0. The number of nitrogens with zero attached hydrogens (tertiary/aromatic N) is 2. The molecule has 0 fully saturated rings. The third-order valence-electron chi connectivity index (χ3n) is 6.89. The molecule has 0 aliphatic rings. The average Bonchev–Trinajstić information content (AvgIpc) is 3.33. The molecular formula is C32H32ClFN4O4. The van der Waals surface area contributed by atoms with Crippen LogP contribution in [-0.4, -0.2) is 45.6 Å². The van der Waals surface area contributed by atoms with Crippen molar-refractivity contribution in [3.63, 3.8) is 0 Å². The second-order valence-electron chi connectivity index (χ2n) is 10.2. The molecule has 4 aromatic rings. The zero-order chi connectivity index (χ0) is 30.4. The van der Waals surface area contributed by atoms with E-state index in [1.807, 2.05) is 30.3 Å². The molecule has 42 heavy (non-hydrogen) atoms. The van der Waals surface area contributed by atoms with E-state index in [9.17, 15) is 23.6 Å². The Kier molecular flexibility index (Phi) is 9.75. The molecule has 1 aromatic heterocycles. The monoisotopic (exact) mass is 590 g/mol. The second kappa shape index (κ2) is 13.4. The fourth-order valence-electron chi connectivity index (χ4n) is 4.61. The number of ketones is 1. The van der Waals surface area contributed by atoms with Gasteiger partial charge in [0.15, 0.2) is 5.78 Å². The van der Waals surface area contributed by atoms with Gasteiger partial charge in [-0.3, -0.25) is 19.2 Å². The summed E-state index contributed by atoms with van der Waals surface area (Å²) in [6.45, 7) is 4.93. The van der Waals surface area contributed by atoms with E-state index in [-0.39, 0.29) is 53.9 Å². The van der Waals surface area contributed by atoms with Crippen molar-refractivity contribution in [1.82, 2.24) is 20.1 Å². The Labute approximate surface area is 248 Å². The number of halogens is 2. The average molecular weight is 591 g/mol. The molecule has 10 heteroatoms. The minimum atomic E-state index is -0.603. The van der Waals surface area contributed by atoms with Crippen molar-refractivity contribution in [2.75, 3.05) is 6.54 Å². The number of carbonyl (C=O) groups excluding carboxylic acids is 4. The predicted molar refractivity (Wildman–Crippen MR) is 160 cm³/mol. The van der Waals surface area contributed by atoms with Crippen molar-refractivity contribution in [3.05, 3.63) is 106 Å². The van der Waals surface area contributed by atoms with Crippen molar-refractivity contribution < 1.29 is 23.6 Å². The molecule has 1 heterocycles. The number of amides is 3. The Bertz CT molecular complexity index is 1630. The minimum Gasteiger partial charge on any atom is -0.350 e. The molecule has 0 aliphatic heterocycles. The van der Waals surface area contributed by atoms with Crippen molar-refractivity contribution in [1.29, 1.82) is 0 Å². The van der Waals surface area contributed by atoms with Crippen molar-refractivity contribution in [2.45, 2.75) is 46.4 Å². The number of fused-ring (bicyclic) bond motifs is 1. The van der Waals surface area contributed by atoms with E-state index in [1.165, 1.54) is 24.0 Å². The van der Waals surface area contributed by atoms with Crippen LogP contribution in [0.1, 0.15) is 52.6 Å². The molecule has 0 unspecified atom stereocenters. The van der Waals surface area contributed by atoms with E-state index in [1.54, 1.807) is 48.9 Å². The summed E-state index contributed by atoms with van der Waals surface area (Å²) >= 11 is 5.81. The third-order valence-corrected chi connectivity index (χ3v) is 7.18. The van der Waals surface area contributed by atoms with Gasteiger partial charge in [0.25, 0.3) is 5.91 Å². The van der Waals surface area contributed by atoms with Gasteiger partial charge < -0.3 is 20.1 Å². The van der Waals surface area contributed by atoms with Crippen LogP contribution in [-0.2, 0) is 29.2 Å². The summed E-state index contributed by atoms with van der Waals surface area (Å²) in [5, 5.41) is 6.04. The Morgan fingerprint density at radius 1 is 0.952 bits per heavy atom. The molecule has 0 saturated carbocycles. The zero-order valence-corrected chi connectivity index (χ0v) is 24.4. The number of hydrogen-bond donors (Lipinski definition) is 2. The first kappa shape index (κ1) is 30.5. The number of Topliss-reactive ketones (excluding diaryl/α,β-unsaturated/α-hetero) is 1. The van der Waals surface area contributed by atoms with E-state index in [4.69, 9.17) is 11.6 Å². The lowest BCUT2D eigenvalue weighted by molar-refractivity contribution is -0.138. The van der Waals surface area contributed by atoms with Gasteiger partial charge in [0.1, 0.15) is 12.4 Å².